The predicted molar refractivity (Wildman–Crippen MR) is 105 cm³/mol. The number of ether oxygens (including phenoxy) is 1. The number of hydrogen-bond acceptors (Lipinski definition) is 8. The molecule has 2 aromatic heterocycles. The molecule has 1 aliphatic rings. The molecule has 0 amide bonds. The first kappa shape index (κ1) is 19.5. The van der Waals surface area contributed by atoms with Crippen LogP contribution in [-0.4, -0.2) is 48.1 Å². The first-order valence-electron chi connectivity index (χ1n) is 8.43. The van der Waals surface area contributed by atoms with Gasteiger partial charge in [0.25, 0.3) is 0 Å². The monoisotopic (exact) mass is 401 g/mol. The summed E-state index contributed by atoms with van der Waals surface area (Å²) in [6.45, 7) is 1.65. The molecule has 0 fully saturated rings. The second kappa shape index (κ2) is 8.65. The number of fused-ring (bicyclic) bond motifs is 1. The van der Waals surface area contributed by atoms with Crippen molar-refractivity contribution in [3.05, 3.63) is 34.3 Å². The Balaban J connectivity index is 1.98. The van der Waals surface area contributed by atoms with E-state index in [1.807, 2.05) is 17.5 Å². The molecule has 0 aliphatic carbocycles. The number of nitrogens with zero attached hydrogens (tertiary/aromatic N) is 3. The zero-order valence-corrected chi connectivity index (χ0v) is 16.8. The van der Waals surface area contributed by atoms with Crippen molar-refractivity contribution in [3.63, 3.8) is 0 Å². The van der Waals surface area contributed by atoms with E-state index in [9.17, 15) is 14.9 Å². The first-order valence-corrected chi connectivity index (χ1v) is 10.3. The van der Waals surface area contributed by atoms with Gasteiger partial charge in [0.05, 0.1) is 18.4 Å². The van der Waals surface area contributed by atoms with Gasteiger partial charge in [-0.3, -0.25) is 9.59 Å². The van der Waals surface area contributed by atoms with Crippen LogP contribution in [0.25, 0.3) is 10.4 Å². The van der Waals surface area contributed by atoms with Gasteiger partial charge in [0.1, 0.15) is 17.5 Å². The number of rotatable bonds is 6. The number of carbonyl (C=O) groups excluding carboxylic acids is 2. The second-order valence-corrected chi connectivity index (χ2v) is 8.16. The second-order valence-electron chi connectivity index (χ2n) is 6.25. The quantitative estimate of drug-likeness (QED) is 0.418. The minimum absolute atomic E-state index is 0.0827. The third kappa shape index (κ3) is 4.38. The third-order valence-electron chi connectivity index (χ3n) is 4.33. The lowest BCUT2D eigenvalue weighted by molar-refractivity contribution is -0.142. The fraction of sp³-hybridized carbons (Fsp3) is 0.368. The molecule has 0 saturated carbocycles. The van der Waals surface area contributed by atoms with Crippen LogP contribution in [0.4, 0.5) is 0 Å². The maximum absolute atomic E-state index is 12.0. The summed E-state index contributed by atoms with van der Waals surface area (Å²) in [6, 6.07) is 6.27. The van der Waals surface area contributed by atoms with Crippen LogP contribution in [0.1, 0.15) is 23.2 Å². The number of nitriles is 1. The number of ketones is 1. The Morgan fingerprint density at radius 2 is 2.30 bits per heavy atom. The Labute approximate surface area is 166 Å². The van der Waals surface area contributed by atoms with Crippen molar-refractivity contribution in [2.75, 3.05) is 26.5 Å². The van der Waals surface area contributed by atoms with Gasteiger partial charge in [-0.1, -0.05) is 17.8 Å². The number of Topliss-reactive ketones (excluding diaryl/α,β-unsaturated/α-hetero) is 1. The van der Waals surface area contributed by atoms with Crippen molar-refractivity contribution in [1.29, 1.82) is 5.26 Å². The maximum Gasteiger partial charge on any atom is 0.313 e. The Morgan fingerprint density at radius 3 is 2.96 bits per heavy atom. The van der Waals surface area contributed by atoms with E-state index in [-0.39, 0.29) is 18.0 Å². The van der Waals surface area contributed by atoms with Gasteiger partial charge in [0.2, 0.25) is 0 Å². The molecule has 27 heavy (non-hydrogen) atoms. The molecule has 0 radical (unpaired) electrons. The number of esters is 1. The summed E-state index contributed by atoms with van der Waals surface area (Å²) in [6.07, 6.45) is 0.540. The number of hydrogen-bond donors (Lipinski definition) is 0. The van der Waals surface area contributed by atoms with Crippen LogP contribution in [0.15, 0.2) is 22.5 Å². The van der Waals surface area contributed by atoms with E-state index in [4.69, 9.17) is 4.98 Å². The van der Waals surface area contributed by atoms with Crippen molar-refractivity contribution in [3.8, 4) is 16.5 Å². The van der Waals surface area contributed by atoms with Crippen LogP contribution in [0.3, 0.4) is 0 Å². The molecule has 2 aromatic rings. The summed E-state index contributed by atoms with van der Waals surface area (Å²) in [5, 5.41) is 12.4. The molecular weight excluding hydrogens is 382 g/mol. The Hall–Kier alpha value is -2.21. The highest BCUT2D eigenvalue weighted by Crippen LogP contribution is 2.38. The van der Waals surface area contributed by atoms with Crippen LogP contribution in [0, 0.1) is 11.3 Å². The molecule has 0 spiro atoms. The molecule has 6 nitrogen and oxygen atoms in total. The van der Waals surface area contributed by atoms with E-state index < -0.39 is 5.97 Å². The Morgan fingerprint density at radius 1 is 1.48 bits per heavy atom. The largest absolute Gasteiger partial charge is 0.469 e. The van der Waals surface area contributed by atoms with Gasteiger partial charge in [0, 0.05) is 35.6 Å². The summed E-state index contributed by atoms with van der Waals surface area (Å²) in [4.78, 5) is 31.2. The van der Waals surface area contributed by atoms with Gasteiger partial charge in [-0.2, -0.15) is 5.26 Å². The number of methoxy groups -OCH3 is 1. The molecule has 1 aliphatic heterocycles. The number of thiophene rings is 1. The van der Waals surface area contributed by atoms with Gasteiger partial charge in [-0.25, -0.2) is 4.98 Å². The van der Waals surface area contributed by atoms with Crippen molar-refractivity contribution >= 4 is 34.9 Å². The van der Waals surface area contributed by atoms with E-state index in [0.29, 0.717) is 10.6 Å². The summed E-state index contributed by atoms with van der Waals surface area (Å²) in [5.41, 5.74) is 3.50. The highest BCUT2D eigenvalue weighted by molar-refractivity contribution is 8.00. The van der Waals surface area contributed by atoms with Gasteiger partial charge >= 0.3 is 5.97 Å². The van der Waals surface area contributed by atoms with E-state index in [0.717, 1.165) is 41.2 Å². The van der Waals surface area contributed by atoms with E-state index in [2.05, 4.69) is 22.8 Å². The maximum atomic E-state index is 12.0. The molecule has 140 valence electrons. The first-order chi connectivity index (χ1) is 13.0. The molecule has 0 atom stereocenters. The van der Waals surface area contributed by atoms with Crippen LogP contribution in [0.5, 0.6) is 0 Å². The lowest BCUT2D eigenvalue weighted by atomic mass is 9.96. The van der Waals surface area contributed by atoms with Gasteiger partial charge < -0.3 is 9.64 Å². The number of aromatic nitrogens is 1. The molecule has 0 N–H and O–H groups in total. The fourth-order valence-electron chi connectivity index (χ4n) is 3.00. The smallest absolute Gasteiger partial charge is 0.313 e. The third-order valence-corrected chi connectivity index (χ3v) is 6.25. The summed E-state index contributed by atoms with van der Waals surface area (Å²) < 4.78 is 4.53. The minimum Gasteiger partial charge on any atom is -0.469 e. The zero-order chi connectivity index (χ0) is 19.4. The average Bonchev–Trinajstić information content (AvgIpc) is 3.19. The van der Waals surface area contributed by atoms with Crippen LogP contribution >= 0.6 is 23.1 Å². The van der Waals surface area contributed by atoms with E-state index in [1.165, 1.54) is 18.9 Å². The number of pyridine rings is 1. The zero-order valence-electron chi connectivity index (χ0n) is 15.2. The Kier molecular flexibility index (Phi) is 6.26. The molecule has 3 heterocycles. The fourth-order valence-corrected chi connectivity index (χ4v) is 4.68. The van der Waals surface area contributed by atoms with Gasteiger partial charge in [0.15, 0.2) is 5.78 Å². The lowest BCUT2D eigenvalue weighted by Crippen LogP contribution is -2.28. The van der Waals surface area contributed by atoms with Crippen LogP contribution < -0.4 is 0 Å². The topological polar surface area (TPSA) is 83.3 Å². The standard InChI is InChI=1S/C19H19N3O3S2/c1-22-6-5-15-14(10-22)18(16-4-3-7-26-16)13(9-20)19(21-15)27-11-12(23)8-17(24)25-2/h3-4,7H,5-6,8,10-11H2,1-2H3. The molecule has 0 aromatic carbocycles. The van der Waals surface area contributed by atoms with Crippen molar-refractivity contribution < 1.29 is 14.3 Å². The molecule has 0 unspecified atom stereocenters. The molecule has 8 heteroatoms. The summed E-state index contributed by atoms with van der Waals surface area (Å²) in [7, 11) is 3.31. The Bertz CT molecular complexity index is 904. The molecule has 0 bridgehead atoms. The minimum atomic E-state index is -0.554. The number of carbonyl (C=O) groups is 2. The van der Waals surface area contributed by atoms with E-state index in [1.54, 1.807) is 11.3 Å². The van der Waals surface area contributed by atoms with Crippen molar-refractivity contribution in [1.82, 2.24) is 9.88 Å². The lowest BCUT2D eigenvalue weighted by Gasteiger charge is -2.27. The molecule has 3 rings (SSSR count). The summed E-state index contributed by atoms with van der Waals surface area (Å²) >= 11 is 2.81. The molecular formula is C19H19N3O3S2. The number of thioether (sulfide) groups is 1. The van der Waals surface area contributed by atoms with Crippen LogP contribution in [0.2, 0.25) is 0 Å². The van der Waals surface area contributed by atoms with Gasteiger partial charge in [-0.05, 0) is 24.1 Å². The highest BCUT2D eigenvalue weighted by Gasteiger charge is 2.25. The van der Waals surface area contributed by atoms with Crippen molar-refractivity contribution in [2.24, 2.45) is 0 Å². The average molecular weight is 402 g/mol. The van der Waals surface area contributed by atoms with Gasteiger partial charge in [-0.15, -0.1) is 11.3 Å². The SMILES string of the molecule is COC(=O)CC(=O)CSc1nc2c(c(-c3cccs3)c1C#N)CN(C)CC2. The normalized spacial score (nSPS) is 13.7. The number of likely N-dealkylation sites (N-methyl/N-ethyl adjacent to an activating group) is 1. The summed E-state index contributed by atoms with van der Waals surface area (Å²) in [5.74, 6) is -0.714. The van der Waals surface area contributed by atoms with Crippen molar-refractivity contribution in [2.45, 2.75) is 24.4 Å². The van der Waals surface area contributed by atoms with E-state index >= 15 is 0 Å². The van der Waals surface area contributed by atoms with Crippen LogP contribution in [-0.2, 0) is 27.3 Å². The highest BCUT2D eigenvalue weighted by atomic mass is 32.2. The molecule has 0 saturated heterocycles. The predicted octanol–water partition coefficient (Wildman–Crippen LogP) is 2.89.